The zero-order chi connectivity index (χ0) is 24.3. The largest absolute Gasteiger partial charge is 0.489 e. The van der Waals surface area contributed by atoms with Crippen molar-refractivity contribution in [2.45, 2.75) is 13.1 Å². The second kappa shape index (κ2) is 9.56. The lowest BCUT2D eigenvalue weighted by Gasteiger charge is -2.15. The number of imidazole rings is 1. The van der Waals surface area contributed by atoms with Gasteiger partial charge in [0.1, 0.15) is 18.2 Å². The molecule has 1 aromatic heterocycles. The predicted molar refractivity (Wildman–Crippen MR) is 123 cm³/mol. The summed E-state index contributed by atoms with van der Waals surface area (Å²) in [5.41, 5.74) is 1.61. The van der Waals surface area contributed by atoms with Crippen molar-refractivity contribution >= 4 is 22.6 Å². The topological polar surface area (TPSA) is 65.4 Å². The molecule has 0 unspecified atom stereocenters. The second-order valence-electron chi connectivity index (χ2n) is 7.54. The summed E-state index contributed by atoms with van der Waals surface area (Å²) in [5.74, 6) is 0.277. The Balaban J connectivity index is 1.65. The van der Waals surface area contributed by atoms with Crippen LogP contribution in [0.15, 0.2) is 66.7 Å². The smallest absolute Gasteiger partial charge is 0.416 e. The molecule has 176 valence electrons. The number of aromatic nitrogens is 2. The number of carbonyl (C=O) groups is 1. The number of para-hydroxylation sites is 1. The van der Waals surface area contributed by atoms with Crippen molar-refractivity contribution in [3.8, 4) is 11.4 Å². The van der Waals surface area contributed by atoms with Gasteiger partial charge in [-0.3, -0.25) is 9.36 Å². The molecule has 34 heavy (non-hydrogen) atoms. The van der Waals surface area contributed by atoms with Crippen molar-refractivity contribution in [2.75, 3.05) is 25.6 Å². The van der Waals surface area contributed by atoms with Crippen LogP contribution < -0.4 is 10.1 Å². The Morgan fingerprint density at radius 2 is 1.79 bits per heavy atom. The van der Waals surface area contributed by atoms with Gasteiger partial charge in [-0.25, -0.2) is 4.98 Å². The number of halogens is 3. The first-order valence-corrected chi connectivity index (χ1v) is 10.5. The summed E-state index contributed by atoms with van der Waals surface area (Å²) >= 11 is 0. The van der Waals surface area contributed by atoms with E-state index in [1.807, 2.05) is 41.8 Å². The third-order valence-electron chi connectivity index (χ3n) is 5.20. The summed E-state index contributed by atoms with van der Waals surface area (Å²) in [5, 5.41) is 2.54. The van der Waals surface area contributed by atoms with Gasteiger partial charge >= 0.3 is 6.18 Å². The van der Waals surface area contributed by atoms with Gasteiger partial charge in [0.05, 0.1) is 28.9 Å². The fraction of sp³-hybridized carbons (Fsp3) is 0.200. The molecular formula is C25H22F3N3O3. The molecule has 1 N–H and O–H groups in total. The van der Waals surface area contributed by atoms with E-state index >= 15 is 0 Å². The lowest BCUT2D eigenvalue weighted by Crippen LogP contribution is -2.15. The van der Waals surface area contributed by atoms with E-state index in [9.17, 15) is 18.0 Å². The molecule has 4 rings (SSSR count). The predicted octanol–water partition coefficient (Wildman–Crippen LogP) is 5.63. The van der Waals surface area contributed by atoms with Crippen molar-refractivity contribution in [3.63, 3.8) is 0 Å². The van der Waals surface area contributed by atoms with Gasteiger partial charge in [0, 0.05) is 18.4 Å². The Hall–Kier alpha value is -3.85. The molecule has 0 aliphatic rings. The van der Waals surface area contributed by atoms with Crippen LogP contribution in [0.25, 0.3) is 16.7 Å². The molecule has 0 spiro atoms. The van der Waals surface area contributed by atoms with Gasteiger partial charge in [0.15, 0.2) is 0 Å². The Morgan fingerprint density at radius 3 is 2.50 bits per heavy atom. The minimum atomic E-state index is -4.56. The van der Waals surface area contributed by atoms with Gasteiger partial charge in [0.2, 0.25) is 0 Å². The molecule has 4 aromatic rings. The molecule has 0 atom stereocenters. The maximum Gasteiger partial charge on any atom is 0.416 e. The number of nitrogens with one attached hydrogen (secondary N) is 1. The van der Waals surface area contributed by atoms with Gasteiger partial charge in [-0.05, 0) is 55.5 Å². The highest BCUT2D eigenvalue weighted by molar-refractivity contribution is 6.06. The first-order valence-electron chi connectivity index (χ1n) is 10.5. The Kier molecular flexibility index (Phi) is 6.56. The lowest BCUT2D eigenvalue weighted by molar-refractivity contribution is -0.137. The molecule has 6 nitrogen and oxygen atoms in total. The number of fused-ring (bicyclic) bond motifs is 1. The number of methoxy groups -OCH3 is 1. The summed E-state index contributed by atoms with van der Waals surface area (Å²) in [7, 11) is 1.48. The molecule has 0 saturated heterocycles. The van der Waals surface area contributed by atoms with Crippen LogP contribution in [-0.2, 0) is 10.9 Å². The minimum absolute atomic E-state index is 0.0815. The SMILES string of the molecule is COCCOc1ccc(C(F)(F)F)cc1NC(=O)c1ccc2c(c1)nc(C)n2-c1ccccc1. The molecule has 9 heteroatoms. The zero-order valence-electron chi connectivity index (χ0n) is 18.5. The number of benzene rings is 3. The highest BCUT2D eigenvalue weighted by atomic mass is 19.4. The monoisotopic (exact) mass is 469 g/mol. The number of hydrogen-bond acceptors (Lipinski definition) is 4. The van der Waals surface area contributed by atoms with Crippen LogP contribution in [0.4, 0.5) is 18.9 Å². The standard InChI is InChI=1S/C25H22F3N3O3/c1-16-29-20-14-17(8-10-22(20)31(16)19-6-4-3-5-7-19)24(32)30-21-15-18(25(26,27)28)9-11-23(21)34-13-12-33-2/h3-11,14-15H,12-13H2,1-2H3,(H,30,32). The van der Waals surface area contributed by atoms with E-state index < -0.39 is 17.6 Å². The Bertz CT molecular complexity index is 1320. The van der Waals surface area contributed by atoms with Crippen LogP contribution in [0.5, 0.6) is 5.75 Å². The molecule has 0 aliphatic carbocycles. The van der Waals surface area contributed by atoms with Gasteiger partial charge in [0.25, 0.3) is 5.91 Å². The van der Waals surface area contributed by atoms with Crippen molar-refractivity contribution in [1.82, 2.24) is 9.55 Å². The quantitative estimate of drug-likeness (QED) is 0.356. The van der Waals surface area contributed by atoms with E-state index in [0.717, 1.165) is 29.2 Å². The maximum atomic E-state index is 13.2. The number of anilines is 1. The average Bonchev–Trinajstić information content (AvgIpc) is 3.14. The molecule has 0 saturated carbocycles. The molecule has 1 heterocycles. The van der Waals surface area contributed by atoms with E-state index in [1.165, 1.54) is 13.2 Å². The molecule has 0 bridgehead atoms. The third kappa shape index (κ3) is 4.89. The molecule has 3 aromatic carbocycles. The van der Waals surface area contributed by atoms with Gasteiger partial charge in [-0.2, -0.15) is 13.2 Å². The van der Waals surface area contributed by atoms with E-state index in [2.05, 4.69) is 10.3 Å². The Morgan fingerprint density at radius 1 is 1.03 bits per heavy atom. The van der Waals surface area contributed by atoms with Crippen molar-refractivity contribution in [3.05, 3.63) is 83.7 Å². The number of hydrogen-bond donors (Lipinski definition) is 1. The average molecular weight is 469 g/mol. The number of rotatable bonds is 7. The van der Waals surface area contributed by atoms with Gasteiger partial charge in [-0.1, -0.05) is 18.2 Å². The molecule has 1 amide bonds. The zero-order valence-corrected chi connectivity index (χ0v) is 18.5. The highest BCUT2D eigenvalue weighted by Gasteiger charge is 2.31. The fourth-order valence-corrected chi connectivity index (χ4v) is 3.60. The van der Waals surface area contributed by atoms with E-state index in [1.54, 1.807) is 18.2 Å². The van der Waals surface area contributed by atoms with Crippen LogP contribution in [0.2, 0.25) is 0 Å². The van der Waals surface area contributed by atoms with Crippen LogP contribution in [0, 0.1) is 6.92 Å². The summed E-state index contributed by atoms with van der Waals surface area (Å²) < 4.78 is 52.1. The summed E-state index contributed by atoms with van der Waals surface area (Å²) in [6.07, 6.45) is -4.56. The number of carbonyl (C=O) groups excluding carboxylic acids is 1. The van der Waals surface area contributed by atoms with Crippen molar-refractivity contribution in [2.24, 2.45) is 0 Å². The van der Waals surface area contributed by atoms with E-state index in [0.29, 0.717) is 5.52 Å². The van der Waals surface area contributed by atoms with E-state index in [-0.39, 0.29) is 30.2 Å². The van der Waals surface area contributed by atoms with Crippen LogP contribution >= 0.6 is 0 Å². The number of amides is 1. The number of aryl methyl sites for hydroxylation is 1. The lowest BCUT2D eigenvalue weighted by atomic mass is 10.1. The van der Waals surface area contributed by atoms with Gasteiger partial charge in [-0.15, -0.1) is 0 Å². The summed E-state index contributed by atoms with van der Waals surface area (Å²) in [6, 6.07) is 17.6. The van der Waals surface area contributed by atoms with Crippen molar-refractivity contribution < 1.29 is 27.4 Å². The first kappa shape index (κ1) is 23.3. The van der Waals surface area contributed by atoms with Crippen LogP contribution in [0.3, 0.4) is 0 Å². The van der Waals surface area contributed by atoms with Crippen LogP contribution in [0.1, 0.15) is 21.7 Å². The second-order valence-corrected chi connectivity index (χ2v) is 7.54. The van der Waals surface area contributed by atoms with E-state index in [4.69, 9.17) is 9.47 Å². The van der Waals surface area contributed by atoms with Crippen molar-refractivity contribution in [1.29, 1.82) is 0 Å². The number of ether oxygens (including phenoxy) is 2. The van der Waals surface area contributed by atoms with Gasteiger partial charge < -0.3 is 14.8 Å². The highest BCUT2D eigenvalue weighted by Crippen LogP contribution is 2.35. The molecular weight excluding hydrogens is 447 g/mol. The maximum absolute atomic E-state index is 13.2. The molecule has 0 fully saturated rings. The fourth-order valence-electron chi connectivity index (χ4n) is 3.60. The third-order valence-corrected chi connectivity index (χ3v) is 5.20. The first-order chi connectivity index (χ1) is 16.3. The molecule has 0 aliphatic heterocycles. The normalized spacial score (nSPS) is 11.6. The number of nitrogens with zero attached hydrogens (tertiary/aromatic N) is 2. The van der Waals surface area contributed by atoms with Crippen LogP contribution in [-0.4, -0.2) is 35.8 Å². The molecule has 0 radical (unpaired) electrons. The Labute approximate surface area is 193 Å². The minimum Gasteiger partial charge on any atom is -0.489 e. The number of alkyl halides is 3. The summed E-state index contributed by atoms with van der Waals surface area (Å²) in [4.78, 5) is 17.5. The summed E-state index contributed by atoms with van der Waals surface area (Å²) in [6.45, 7) is 2.22.